The molecule has 0 unspecified atom stereocenters. The van der Waals surface area contributed by atoms with Crippen molar-refractivity contribution in [1.82, 2.24) is 24.9 Å². The molecular weight excluding hydrogens is 476 g/mol. The van der Waals surface area contributed by atoms with Crippen LogP contribution >= 0.6 is 11.6 Å². The van der Waals surface area contributed by atoms with E-state index in [1.165, 1.54) is 0 Å². The molecule has 9 heteroatoms. The van der Waals surface area contributed by atoms with E-state index in [0.29, 0.717) is 44.4 Å². The molecule has 8 nitrogen and oxygen atoms in total. The number of likely N-dealkylation sites (tertiary alicyclic amines) is 1. The van der Waals surface area contributed by atoms with E-state index in [1.807, 2.05) is 41.1 Å². The number of aromatic nitrogens is 4. The van der Waals surface area contributed by atoms with Gasteiger partial charge in [0.2, 0.25) is 0 Å². The summed E-state index contributed by atoms with van der Waals surface area (Å²) in [7, 11) is 2.10. The van der Waals surface area contributed by atoms with E-state index >= 15 is 0 Å². The third-order valence-corrected chi connectivity index (χ3v) is 6.93. The zero-order chi connectivity index (χ0) is 24.8. The Hall–Kier alpha value is -4.01. The number of H-pyrrole nitrogens is 1. The maximum absolute atomic E-state index is 13.3. The average Bonchev–Trinajstić information content (AvgIpc) is 3.23. The first-order valence-electron chi connectivity index (χ1n) is 11.7. The maximum atomic E-state index is 13.3. The molecule has 0 aliphatic carbocycles. The Balaban J connectivity index is 1.29. The summed E-state index contributed by atoms with van der Waals surface area (Å²) < 4.78 is 1.94. The highest BCUT2D eigenvalue weighted by molar-refractivity contribution is 6.34. The molecule has 2 N–H and O–H groups in total. The van der Waals surface area contributed by atoms with Gasteiger partial charge in [-0.15, -0.1) is 0 Å². The van der Waals surface area contributed by atoms with Gasteiger partial charge in [0.05, 0.1) is 15.9 Å². The molecule has 180 valence electrons. The first-order valence-corrected chi connectivity index (χ1v) is 12.1. The number of rotatable bonds is 5. The largest absolute Gasteiger partial charge is 0.321 e. The fraction of sp³-hybridized carbons (Fsp3) is 0.185. The highest BCUT2D eigenvalue weighted by Gasteiger charge is 2.26. The number of anilines is 1. The highest BCUT2D eigenvalue weighted by Crippen LogP contribution is 2.33. The van der Waals surface area contributed by atoms with Gasteiger partial charge in [-0.1, -0.05) is 48.0 Å². The number of halogens is 1. The second kappa shape index (κ2) is 8.89. The minimum absolute atomic E-state index is 0.259. The van der Waals surface area contributed by atoms with Gasteiger partial charge in [-0.3, -0.25) is 14.3 Å². The standard InChI is InChI=1S/C27H23ClN6O2/c1-33-13-16(14-33)15-34-23-9-5-4-8-21(23)25(32-34)27(36)29-17-10-11-20(22(28)12-17)24-18-6-2-3-7-19(18)26(35)31-30-24/h2-12,16H,13-15H2,1H3,(H,29,36)(H,31,35). The van der Waals surface area contributed by atoms with E-state index in [2.05, 4.69) is 32.6 Å². The lowest BCUT2D eigenvalue weighted by atomic mass is 10.0. The minimum Gasteiger partial charge on any atom is -0.321 e. The van der Waals surface area contributed by atoms with Gasteiger partial charge in [0.15, 0.2) is 5.69 Å². The molecule has 36 heavy (non-hydrogen) atoms. The van der Waals surface area contributed by atoms with Crippen LogP contribution in [0.3, 0.4) is 0 Å². The number of hydrogen-bond donors (Lipinski definition) is 2. The lowest BCUT2D eigenvalue weighted by Crippen LogP contribution is -2.45. The number of benzene rings is 3. The molecule has 6 rings (SSSR count). The van der Waals surface area contributed by atoms with Crippen LogP contribution in [-0.4, -0.2) is 50.9 Å². The fourth-order valence-electron chi connectivity index (χ4n) is 4.92. The zero-order valence-electron chi connectivity index (χ0n) is 19.5. The van der Waals surface area contributed by atoms with Gasteiger partial charge in [-0.2, -0.15) is 10.2 Å². The van der Waals surface area contributed by atoms with Crippen molar-refractivity contribution < 1.29 is 4.79 Å². The Morgan fingerprint density at radius 3 is 2.53 bits per heavy atom. The van der Waals surface area contributed by atoms with Gasteiger partial charge in [-0.05, 0) is 37.4 Å². The van der Waals surface area contributed by atoms with E-state index in [4.69, 9.17) is 11.6 Å². The lowest BCUT2D eigenvalue weighted by Gasteiger charge is -2.36. The number of amides is 1. The number of nitrogens with one attached hydrogen (secondary N) is 2. The van der Waals surface area contributed by atoms with Crippen LogP contribution in [0.2, 0.25) is 5.02 Å². The predicted molar refractivity (Wildman–Crippen MR) is 141 cm³/mol. The summed E-state index contributed by atoms with van der Waals surface area (Å²) in [4.78, 5) is 27.7. The van der Waals surface area contributed by atoms with Crippen molar-refractivity contribution in [2.24, 2.45) is 5.92 Å². The molecule has 1 amide bonds. The molecule has 0 bridgehead atoms. The zero-order valence-corrected chi connectivity index (χ0v) is 20.3. The molecule has 1 saturated heterocycles. The number of hydrogen-bond acceptors (Lipinski definition) is 5. The van der Waals surface area contributed by atoms with E-state index in [1.54, 1.807) is 30.3 Å². The fourth-order valence-corrected chi connectivity index (χ4v) is 5.19. The monoisotopic (exact) mass is 498 g/mol. The molecule has 3 aromatic carbocycles. The molecule has 2 aromatic heterocycles. The summed E-state index contributed by atoms with van der Waals surface area (Å²) in [6, 6.07) is 20.3. The Kier molecular flexibility index (Phi) is 5.55. The number of carbonyl (C=O) groups excluding carboxylic acids is 1. The smallest absolute Gasteiger partial charge is 0.276 e. The summed E-state index contributed by atoms with van der Waals surface area (Å²) in [6.45, 7) is 2.83. The molecular formula is C27H23ClN6O2. The molecule has 0 saturated carbocycles. The van der Waals surface area contributed by atoms with Crippen LogP contribution < -0.4 is 10.9 Å². The van der Waals surface area contributed by atoms with E-state index < -0.39 is 0 Å². The van der Waals surface area contributed by atoms with Crippen LogP contribution in [0.1, 0.15) is 10.5 Å². The van der Waals surface area contributed by atoms with Crippen LogP contribution in [0, 0.1) is 5.92 Å². The van der Waals surface area contributed by atoms with Gasteiger partial charge in [0.1, 0.15) is 5.69 Å². The summed E-state index contributed by atoms with van der Waals surface area (Å²) in [5.74, 6) is 0.227. The Bertz CT molecular complexity index is 1690. The van der Waals surface area contributed by atoms with Gasteiger partial charge in [0.25, 0.3) is 11.5 Å². The van der Waals surface area contributed by atoms with Crippen molar-refractivity contribution in [3.05, 3.63) is 87.8 Å². The number of para-hydroxylation sites is 1. The van der Waals surface area contributed by atoms with Crippen molar-refractivity contribution in [2.45, 2.75) is 6.54 Å². The molecule has 3 heterocycles. The van der Waals surface area contributed by atoms with Crippen molar-refractivity contribution >= 4 is 44.9 Å². The molecule has 1 aliphatic heterocycles. The third kappa shape index (κ3) is 3.94. The van der Waals surface area contributed by atoms with Crippen LogP contribution in [0.15, 0.2) is 71.5 Å². The number of aromatic amines is 1. The Morgan fingerprint density at radius 1 is 1.06 bits per heavy atom. The average molecular weight is 499 g/mol. The third-order valence-electron chi connectivity index (χ3n) is 6.62. The van der Waals surface area contributed by atoms with Gasteiger partial charge >= 0.3 is 0 Å². The molecule has 5 aromatic rings. The summed E-state index contributed by atoms with van der Waals surface area (Å²) >= 11 is 6.62. The van der Waals surface area contributed by atoms with Gasteiger partial charge in [-0.25, -0.2) is 5.10 Å². The van der Waals surface area contributed by atoms with E-state index in [0.717, 1.165) is 30.5 Å². The SMILES string of the molecule is CN1CC(Cn2nc(C(=O)Nc3ccc(-c4n[nH]c(=O)c5ccccc45)c(Cl)c3)c3ccccc32)C1. The molecule has 1 aliphatic rings. The van der Waals surface area contributed by atoms with E-state index in [9.17, 15) is 9.59 Å². The normalized spacial score (nSPS) is 14.3. The second-order valence-corrected chi connectivity index (χ2v) is 9.64. The first kappa shape index (κ1) is 22.5. The number of nitrogens with zero attached hydrogens (tertiary/aromatic N) is 4. The van der Waals surface area contributed by atoms with Crippen molar-refractivity contribution in [3.63, 3.8) is 0 Å². The Labute approximate surface area is 211 Å². The molecule has 1 fully saturated rings. The molecule has 0 radical (unpaired) electrons. The Morgan fingerprint density at radius 2 is 1.78 bits per heavy atom. The molecule has 0 spiro atoms. The molecule has 0 atom stereocenters. The number of fused-ring (bicyclic) bond motifs is 2. The summed E-state index contributed by atoms with van der Waals surface area (Å²) in [5.41, 5.74) is 2.84. The minimum atomic E-state index is -0.299. The quantitative estimate of drug-likeness (QED) is 0.374. The summed E-state index contributed by atoms with van der Waals surface area (Å²) in [5, 5.41) is 16.8. The van der Waals surface area contributed by atoms with Crippen LogP contribution in [0.4, 0.5) is 5.69 Å². The van der Waals surface area contributed by atoms with Crippen LogP contribution in [-0.2, 0) is 6.54 Å². The van der Waals surface area contributed by atoms with Crippen molar-refractivity contribution in [1.29, 1.82) is 0 Å². The van der Waals surface area contributed by atoms with Crippen LogP contribution in [0.25, 0.3) is 32.9 Å². The van der Waals surface area contributed by atoms with Gasteiger partial charge in [0, 0.05) is 47.6 Å². The van der Waals surface area contributed by atoms with Gasteiger partial charge < -0.3 is 10.2 Å². The maximum Gasteiger partial charge on any atom is 0.276 e. The first-order chi connectivity index (χ1) is 17.5. The van der Waals surface area contributed by atoms with Crippen LogP contribution in [0.5, 0.6) is 0 Å². The second-order valence-electron chi connectivity index (χ2n) is 9.23. The summed E-state index contributed by atoms with van der Waals surface area (Å²) in [6.07, 6.45) is 0. The predicted octanol–water partition coefficient (Wildman–Crippen LogP) is 4.41. The topological polar surface area (TPSA) is 95.9 Å². The van der Waals surface area contributed by atoms with Crippen molar-refractivity contribution in [3.8, 4) is 11.3 Å². The number of carbonyl (C=O) groups is 1. The van der Waals surface area contributed by atoms with E-state index in [-0.39, 0.29) is 11.5 Å². The van der Waals surface area contributed by atoms with Crippen molar-refractivity contribution in [2.75, 3.05) is 25.5 Å². The lowest BCUT2D eigenvalue weighted by molar-refractivity contribution is 0.101. The highest BCUT2D eigenvalue weighted by atomic mass is 35.5.